The fraction of sp³-hybridized carbons (Fsp3) is 0.583. The first-order valence-corrected chi connectivity index (χ1v) is 6.14. The van der Waals surface area contributed by atoms with Gasteiger partial charge >= 0.3 is 0 Å². The molecule has 0 atom stereocenters. The zero-order valence-corrected chi connectivity index (χ0v) is 11.1. The van der Waals surface area contributed by atoms with Gasteiger partial charge in [-0.3, -0.25) is 0 Å². The second-order valence-corrected chi connectivity index (χ2v) is 4.72. The number of aromatic nitrogens is 4. The van der Waals surface area contributed by atoms with E-state index in [1.165, 1.54) is 0 Å². The topological polar surface area (TPSA) is 68.8 Å². The van der Waals surface area contributed by atoms with Crippen molar-refractivity contribution >= 4 is 0 Å². The van der Waals surface area contributed by atoms with Gasteiger partial charge in [0, 0.05) is 6.54 Å². The minimum absolute atomic E-state index is 0.555. The van der Waals surface area contributed by atoms with E-state index in [2.05, 4.69) is 34.2 Å². The summed E-state index contributed by atoms with van der Waals surface area (Å²) in [4.78, 5) is 8.38. The van der Waals surface area contributed by atoms with E-state index in [1.54, 1.807) is 12.5 Å². The monoisotopic (exact) mass is 249 g/mol. The molecule has 1 N–H and O–H groups in total. The average Bonchev–Trinajstić information content (AvgIpc) is 2.88. The average molecular weight is 249 g/mol. The molecular formula is C12H19N5O. The van der Waals surface area contributed by atoms with E-state index in [9.17, 15) is 0 Å². The first kappa shape index (κ1) is 12.8. The third-order valence-corrected chi connectivity index (χ3v) is 2.46. The molecule has 2 aromatic rings. The molecule has 0 bridgehead atoms. The molecule has 0 unspecified atom stereocenters. The predicted molar refractivity (Wildman–Crippen MR) is 66.6 cm³/mol. The maximum absolute atomic E-state index is 5.38. The van der Waals surface area contributed by atoms with E-state index in [0.717, 1.165) is 18.1 Å². The lowest BCUT2D eigenvalue weighted by molar-refractivity contribution is 0.432. The molecule has 0 aromatic carbocycles. The molecule has 2 rings (SSSR count). The van der Waals surface area contributed by atoms with Gasteiger partial charge in [-0.05, 0) is 12.8 Å². The Balaban J connectivity index is 1.84. The maximum Gasteiger partial charge on any atom is 0.208 e. The molecule has 0 aliphatic rings. The quantitative estimate of drug-likeness (QED) is 0.840. The smallest absolute Gasteiger partial charge is 0.208 e. The van der Waals surface area contributed by atoms with Gasteiger partial charge < -0.3 is 9.73 Å². The number of nitrogens with one attached hydrogen (secondary N) is 1. The van der Waals surface area contributed by atoms with Crippen LogP contribution in [0.15, 0.2) is 16.9 Å². The van der Waals surface area contributed by atoms with Gasteiger partial charge in [-0.25, -0.2) is 14.6 Å². The zero-order valence-electron chi connectivity index (χ0n) is 11.1. The summed E-state index contributed by atoms with van der Waals surface area (Å²) in [6.45, 7) is 8.35. The third kappa shape index (κ3) is 3.40. The van der Waals surface area contributed by atoms with E-state index in [1.807, 2.05) is 11.6 Å². The second-order valence-electron chi connectivity index (χ2n) is 4.72. The molecule has 0 radical (unpaired) electrons. The normalized spacial score (nSPS) is 11.3. The Bertz CT molecular complexity index is 488. The molecule has 0 amide bonds. The van der Waals surface area contributed by atoms with Crippen molar-refractivity contribution in [3.63, 3.8) is 0 Å². The molecule has 6 nitrogen and oxygen atoms in total. The van der Waals surface area contributed by atoms with Crippen LogP contribution in [0.1, 0.15) is 31.3 Å². The Morgan fingerprint density at radius 2 is 2.17 bits per heavy atom. The third-order valence-electron chi connectivity index (χ3n) is 2.46. The number of nitrogens with zero attached hydrogens (tertiary/aromatic N) is 4. The molecule has 0 saturated heterocycles. The van der Waals surface area contributed by atoms with Crippen LogP contribution in [0, 0.1) is 12.8 Å². The highest BCUT2D eigenvalue weighted by Crippen LogP contribution is 2.03. The van der Waals surface area contributed by atoms with Crippen molar-refractivity contribution in [2.45, 2.75) is 40.4 Å². The lowest BCUT2D eigenvalue weighted by Crippen LogP contribution is -2.18. The van der Waals surface area contributed by atoms with Gasteiger partial charge in [-0.15, -0.1) is 0 Å². The van der Waals surface area contributed by atoms with E-state index >= 15 is 0 Å². The fourth-order valence-corrected chi connectivity index (χ4v) is 1.69. The highest BCUT2D eigenvalue weighted by molar-refractivity contribution is 4.91. The minimum atomic E-state index is 0.555. The lowest BCUT2D eigenvalue weighted by Gasteiger charge is -2.08. The first-order valence-electron chi connectivity index (χ1n) is 6.14. The highest BCUT2D eigenvalue weighted by Gasteiger charge is 2.06. The Labute approximate surface area is 106 Å². The maximum atomic E-state index is 5.38. The van der Waals surface area contributed by atoms with E-state index in [4.69, 9.17) is 4.42 Å². The Hall–Kier alpha value is -1.69. The van der Waals surface area contributed by atoms with Crippen molar-refractivity contribution in [1.82, 2.24) is 25.1 Å². The van der Waals surface area contributed by atoms with Crippen molar-refractivity contribution in [2.24, 2.45) is 5.92 Å². The van der Waals surface area contributed by atoms with Crippen LogP contribution in [0.4, 0.5) is 0 Å². The Morgan fingerprint density at radius 1 is 1.33 bits per heavy atom. The summed E-state index contributed by atoms with van der Waals surface area (Å²) in [6, 6.07) is 0. The van der Waals surface area contributed by atoms with E-state index in [-0.39, 0.29) is 0 Å². The molecule has 2 aromatic heterocycles. The van der Waals surface area contributed by atoms with Crippen molar-refractivity contribution in [3.8, 4) is 0 Å². The first-order chi connectivity index (χ1) is 8.65. The van der Waals surface area contributed by atoms with Crippen LogP contribution in [0.25, 0.3) is 0 Å². The van der Waals surface area contributed by atoms with Crippen LogP contribution >= 0.6 is 0 Å². The van der Waals surface area contributed by atoms with E-state index < -0.39 is 0 Å². The van der Waals surface area contributed by atoms with Gasteiger partial charge in [0.05, 0.1) is 19.3 Å². The number of hydrogen-bond acceptors (Lipinski definition) is 5. The van der Waals surface area contributed by atoms with Crippen LogP contribution < -0.4 is 5.32 Å². The molecule has 0 aliphatic carbocycles. The van der Waals surface area contributed by atoms with Crippen molar-refractivity contribution in [2.75, 3.05) is 0 Å². The predicted octanol–water partition coefficient (Wildman–Crippen LogP) is 1.52. The summed E-state index contributed by atoms with van der Waals surface area (Å²) >= 11 is 0. The molecule has 2 heterocycles. The number of oxazole rings is 1. The van der Waals surface area contributed by atoms with Crippen LogP contribution in [0.5, 0.6) is 0 Å². The Morgan fingerprint density at radius 3 is 2.83 bits per heavy atom. The molecule has 0 spiro atoms. The minimum Gasteiger partial charge on any atom is -0.445 e. The summed E-state index contributed by atoms with van der Waals surface area (Å²) in [5.74, 6) is 3.02. The van der Waals surface area contributed by atoms with Gasteiger partial charge in [0.15, 0.2) is 0 Å². The SMILES string of the molecule is Cc1cnc(CNCc2ncnn2CC(C)C)o1. The van der Waals surface area contributed by atoms with Gasteiger partial charge in [0.2, 0.25) is 5.89 Å². The molecule has 0 saturated carbocycles. The summed E-state index contributed by atoms with van der Waals surface area (Å²) < 4.78 is 7.31. The standard InChI is InChI=1S/C12H19N5O/c1-9(2)7-17-11(15-8-16-17)5-13-6-12-14-4-10(3)18-12/h4,8-9,13H,5-7H2,1-3H3. The van der Waals surface area contributed by atoms with Gasteiger partial charge in [0.25, 0.3) is 0 Å². The lowest BCUT2D eigenvalue weighted by atomic mass is 10.2. The van der Waals surface area contributed by atoms with Crippen LogP contribution in [0.2, 0.25) is 0 Å². The fourth-order valence-electron chi connectivity index (χ4n) is 1.69. The molecule has 0 aliphatic heterocycles. The van der Waals surface area contributed by atoms with Gasteiger partial charge in [0.1, 0.15) is 17.9 Å². The number of hydrogen-bond donors (Lipinski definition) is 1. The molecule has 98 valence electrons. The van der Waals surface area contributed by atoms with Crippen molar-refractivity contribution < 1.29 is 4.42 Å². The number of aryl methyl sites for hydroxylation is 1. The van der Waals surface area contributed by atoms with Crippen LogP contribution in [-0.4, -0.2) is 19.7 Å². The van der Waals surface area contributed by atoms with Gasteiger partial charge in [-0.2, -0.15) is 5.10 Å². The van der Waals surface area contributed by atoms with Crippen molar-refractivity contribution in [1.29, 1.82) is 0 Å². The molecular weight excluding hydrogens is 230 g/mol. The van der Waals surface area contributed by atoms with E-state index in [0.29, 0.717) is 24.9 Å². The summed E-state index contributed by atoms with van der Waals surface area (Å²) in [7, 11) is 0. The number of rotatable bonds is 6. The Kier molecular flexibility index (Phi) is 4.09. The summed E-state index contributed by atoms with van der Waals surface area (Å²) in [6.07, 6.45) is 3.31. The van der Waals surface area contributed by atoms with Gasteiger partial charge in [-0.1, -0.05) is 13.8 Å². The van der Waals surface area contributed by atoms with Crippen LogP contribution in [0.3, 0.4) is 0 Å². The van der Waals surface area contributed by atoms with Crippen LogP contribution in [-0.2, 0) is 19.6 Å². The molecule has 0 fully saturated rings. The summed E-state index contributed by atoms with van der Waals surface area (Å²) in [5.41, 5.74) is 0. The highest BCUT2D eigenvalue weighted by atomic mass is 16.4. The largest absolute Gasteiger partial charge is 0.445 e. The second kappa shape index (κ2) is 5.77. The molecule has 18 heavy (non-hydrogen) atoms. The summed E-state index contributed by atoms with van der Waals surface area (Å²) in [5, 5.41) is 7.46. The zero-order chi connectivity index (χ0) is 13.0. The van der Waals surface area contributed by atoms with Crippen molar-refractivity contribution in [3.05, 3.63) is 30.0 Å². The molecule has 6 heteroatoms.